The first-order valence-corrected chi connectivity index (χ1v) is 5.96. The Morgan fingerprint density at radius 3 is 2.88 bits per heavy atom. The molecule has 0 aromatic heterocycles. The SMILES string of the molecule is CCC1c2cccc(C)c2CCC1C(=O)O. The Morgan fingerprint density at radius 1 is 1.50 bits per heavy atom. The van der Waals surface area contributed by atoms with Gasteiger partial charge in [0.15, 0.2) is 0 Å². The van der Waals surface area contributed by atoms with Gasteiger partial charge in [-0.05, 0) is 48.8 Å². The minimum absolute atomic E-state index is 0.195. The first-order valence-electron chi connectivity index (χ1n) is 5.96. The van der Waals surface area contributed by atoms with Crippen LogP contribution in [0.1, 0.15) is 42.4 Å². The molecule has 0 fully saturated rings. The van der Waals surface area contributed by atoms with Crippen LogP contribution in [0, 0.1) is 12.8 Å². The zero-order valence-electron chi connectivity index (χ0n) is 9.86. The molecule has 2 nitrogen and oxygen atoms in total. The van der Waals surface area contributed by atoms with Crippen molar-refractivity contribution in [3.05, 3.63) is 34.9 Å². The maximum Gasteiger partial charge on any atom is 0.307 e. The quantitative estimate of drug-likeness (QED) is 0.828. The fourth-order valence-corrected chi connectivity index (χ4v) is 2.93. The van der Waals surface area contributed by atoms with Crippen LogP contribution in [0.5, 0.6) is 0 Å². The molecule has 0 bridgehead atoms. The van der Waals surface area contributed by atoms with Gasteiger partial charge in [-0.3, -0.25) is 4.79 Å². The van der Waals surface area contributed by atoms with E-state index in [-0.39, 0.29) is 11.8 Å². The van der Waals surface area contributed by atoms with E-state index in [1.54, 1.807) is 0 Å². The second-order valence-corrected chi connectivity index (χ2v) is 4.64. The molecule has 1 aromatic rings. The molecule has 0 radical (unpaired) electrons. The molecule has 0 amide bonds. The van der Waals surface area contributed by atoms with E-state index in [1.807, 2.05) is 6.07 Å². The summed E-state index contributed by atoms with van der Waals surface area (Å²) in [6.07, 6.45) is 2.61. The Kier molecular flexibility index (Phi) is 2.99. The fraction of sp³-hybridized carbons (Fsp3) is 0.500. The maximum atomic E-state index is 11.2. The summed E-state index contributed by atoms with van der Waals surface area (Å²) in [6, 6.07) is 6.26. The number of aryl methyl sites for hydroxylation is 1. The van der Waals surface area contributed by atoms with Crippen molar-refractivity contribution in [3.63, 3.8) is 0 Å². The van der Waals surface area contributed by atoms with Crippen molar-refractivity contribution in [3.8, 4) is 0 Å². The van der Waals surface area contributed by atoms with Crippen LogP contribution in [0.15, 0.2) is 18.2 Å². The highest BCUT2D eigenvalue weighted by Crippen LogP contribution is 2.39. The molecule has 0 aliphatic heterocycles. The van der Waals surface area contributed by atoms with Crippen molar-refractivity contribution in [2.45, 2.75) is 39.0 Å². The van der Waals surface area contributed by atoms with Crippen molar-refractivity contribution in [1.29, 1.82) is 0 Å². The summed E-state index contributed by atoms with van der Waals surface area (Å²) in [5.74, 6) is -0.639. The first kappa shape index (κ1) is 11.2. The Morgan fingerprint density at radius 2 is 2.25 bits per heavy atom. The largest absolute Gasteiger partial charge is 0.481 e. The van der Waals surface area contributed by atoms with Gasteiger partial charge >= 0.3 is 5.97 Å². The van der Waals surface area contributed by atoms with Crippen LogP contribution < -0.4 is 0 Å². The van der Waals surface area contributed by atoms with Crippen molar-refractivity contribution >= 4 is 5.97 Å². The molecular formula is C14H18O2. The minimum atomic E-state index is -0.640. The van der Waals surface area contributed by atoms with Gasteiger partial charge in [0.1, 0.15) is 0 Å². The molecule has 0 spiro atoms. The third-order valence-corrected chi connectivity index (χ3v) is 3.79. The molecule has 2 rings (SSSR count). The smallest absolute Gasteiger partial charge is 0.307 e. The number of hydrogen-bond acceptors (Lipinski definition) is 1. The lowest BCUT2D eigenvalue weighted by Crippen LogP contribution is -2.27. The molecule has 1 N–H and O–H groups in total. The Labute approximate surface area is 96.3 Å². The normalized spacial score (nSPS) is 23.9. The minimum Gasteiger partial charge on any atom is -0.481 e. The molecule has 2 atom stereocenters. The van der Waals surface area contributed by atoms with Crippen LogP contribution in [0.2, 0.25) is 0 Å². The van der Waals surface area contributed by atoms with E-state index in [0.717, 1.165) is 19.3 Å². The average molecular weight is 218 g/mol. The van der Waals surface area contributed by atoms with Crippen LogP contribution in [0.25, 0.3) is 0 Å². The lowest BCUT2D eigenvalue weighted by molar-refractivity contribution is -0.143. The van der Waals surface area contributed by atoms with Gasteiger partial charge in [-0.1, -0.05) is 25.1 Å². The Bertz CT molecular complexity index is 409. The van der Waals surface area contributed by atoms with E-state index < -0.39 is 5.97 Å². The predicted molar refractivity (Wildman–Crippen MR) is 63.7 cm³/mol. The van der Waals surface area contributed by atoms with Gasteiger partial charge in [0, 0.05) is 0 Å². The van der Waals surface area contributed by atoms with Gasteiger partial charge in [-0.25, -0.2) is 0 Å². The molecule has 1 aliphatic carbocycles. The van der Waals surface area contributed by atoms with Crippen LogP contribution in [-0.2, 0) is 11.2 Å². The van der Waals surface area contributed by atoms with Gasteiger partial charge in [0.2, 0.25) is 0 Å². The maximum absolute atomic E-state index is 11.2. The van der Waals surface area contributed by atoms with Gasteiger partial charge < -0.3 is 5.11 Å². The van der Waals surface area contributed by atoms with E-state index in [0.29, 0.717) is 0 Å². The van der Waals surface area contributed by atoms with Gasteiger partial charge in [0.25, 0.3) is 0 Å². The molecular weight excluding hydrogens is 200 g/mol. The number of aliphatic carboxylic acids is 1. The summed E-state index contributed by atoms with van der Waals surface area (Å²) in [6.45, 7) is 4.20. The summed E-state index contributed by atoms with van der Waals surface area (Å²) in [5, 5.41) is 9.23. The molecule has 1 aromatic carbocycles. The summed E-state index contributed by atoms with van der Waals surface area (Å²) in [5.41, 5.74) is 3.95. The molecule has 2 unspecified atom stereocenters. The Hall–Kier alpha value is -1.31. The van der Waals surface area contributed by atoms with Crippen LogP contribution in [-0.4, -0.2) is 11.1 Å². The third-order valence-electron chi connectivity index (χ3n) is 3.79. The third kappa shape index (κ3) is 1.73. The highest BCUT2D eigenvalue weighted by atomic mass is 16.4. The number of rotatable bonds is 2. The standard InChI is InChI=1S/C14H18O2/c1-3-10-12-6-4-5-9(2)11(12)7-8-13(10)14(15)16/h4-6,10,13H,3,7-8H2,1-2H3,(H,15,16). The van der Waals surface area contributed by atoms with Crippen LogP contribution >= 0.6 is 0 Å². The highest BCUT2D eigenvalue weighted by Gasteiger charge is 2.33. The first-order chi connectivity index (χ1) is 7.65. The van der Waals surface area contributed by atoms with E-state index in [9.17, 15) is 9.90 Å². The lowest BCUT2D eigenvalue weighted by Gasteiger charge is -2.31. The molecule has 86 valence electrons. The molecule has 0 saturated carbocycles. The highest BCUT2D eigenvalue weighted by molar-refractivity contribution is 5.72. The summed E-state index contributed by atoms with van der Waals surface area (Å²) in [7, 11) is 0. The number of fused-ring (bicyclic) bond motifs is 1. The second-order valence-electron chi connectivity index (χ2n) is 4.64. The van der Waals surface area contributed by atoms with E-state index in [1.165, 1.54) is 16.7 Å². The van der Waals surface area contributed by atoms with Gasteiger partial charge in [-0.15, -0.1) is 0 Å². The summed E-state index contributed by atoms with van der Waals surface area (Å²) in [4.78, 5) is 11.2. The molecule has 2 heteroatoms. The second kappa shape index (κ2) is 4.28. The molecule has 0 heterocycles. The van der Waals surface area contributed by atoms with Crippen LogP contribution in [0.3, 0.4) is 0 Å². The molecule has 0 saturated heterocycles. The molecule has 1 aliphatic rings. The van der Waals surface area contributed by atoms with Gasteiger partial charge in [-0.2, -0.15) is 0 Å². The fourth-order valence-electron chi connectivity index (χ4n) is 2.93. The van der Waals surface area contributed by atoms with E-state index >= 15 is 0 Å². The number of hydrogen-bond donors (Lipinski definition) is 1. The zero-order chi connectivity index (χ0) is 11.7. The average Bonchev–Trinajstić information content (AvgIpc) is 2.27. The monoisotopic (exact) mass is 218 g/mol. The van der Waals surface area contributed by atoms with E-state index in [4.69, 9.17) is 0 Å². The number of carboxylic acid groups (broad SMARTS) is 1. The lowest BCUT2D eigenvalue weighted by atomic mass is 9.73. The number of benzene rings is 1. The van der Waals surface area contributed by atoms with Crippen molar-refractivity contribution in [2.75, 3.05) is 0 Å². The van der Waals surface area contributed by atoms with Gasteiger partial charge in [0.05, 0.1) is 5.92 Å². The van der Waals surface area contributed by atoms with E-state index in [2.05, 4.69) is 26.0 Å². The zero-order valence-corrected chi connectivity index (χ0v) is 9.86. The van der Waals surface area contributed by atoms with Crippen molar-refractivity contribution < 1.29 is 9.90 Å². The molecule has 16 heavy (non-hydrogen) atoms. The topological polar surface area (TPSA) is 37.3 Å². The summed E-state index contributed by atoms with van der Waals surface area (Å²) >= 11 is 0. The number of carboxylic acids is 1. The van der Waals surface area contributed by atoms with Crippen molar-refractivity contribution in [2.24, 2.45) is 5.92 Å². The predicted octanol–water partition coefficient (Wildman–Crippen LogP) is 3.14. The van der Waals surface area contributed by atoms with Crippen LogP contribution in [0.4, 0.5) is 0 Å². The summed E-state index contributed by atoms with van der Waals surface area (Å²) < 4.78 is 0. The number of carbonyl (C=O) groups is 1. The van der Waals surface area contributed by atoms with Crippen molar-refractivity contribution in [1.82, 2.24) is 0 Å². The Balaban J connectivity index is 2.45.